The van der Waals surface area contributed by atoms with Crippen LogP contribution in [0.2, 0.25) is 0 Å². The summed E-state index contributed by atoms with van der Waals surface area (Å²) in [5, 5.41) is 2.92. The van der Waals surface area contributed by atoms with Crippen molar-refractivity contribution < 1.29 is 9.21 Å². The molecule has 2 rings (SSSR count). The van der Waals surface area contributed by atoms with Crippen molar-refractivity contribution >= 4 is 5.91 Å². The number of aryl methyl sites for hydroxylation is 2. The molecule has 4 heteroatoms. The second-order valence-corrected chi connectivity index (χ2v) is 6.72. The van der Waals surface area contributed by atoms with E-state index in [9.17, 15) is 4.79 Å². The summed E-state index contributed by atoms with van der Waals surface area (Å²) in [5.41, 5.74) is 2.93. The van der Waals surface area contributed by atoms with Crippen molar-refractivity contribution in [2.24, 2.45) is 0 Å². The second kappa shape index (κ2) is 6.34. The van der Waals surface area contributed by atoms with Gasteiger partial charge >= 0.3 is 0 Å². The molecule has 1 heterocycles. The Balaban J connectivity index is 1.95. The summed E-state index contributed by atoms with van der Waals surface area (Å²) in [5.74, 6) is 1.26. The van der Waals surface area contributed by atoms with E-state index in [0.717, 1.165) is 11.3 Å². The van der Waals surface area contributed by atoms with Gasteiger partial charge in [0.05, 0.1) is 12.1 Å². The normalized spacial score (nSPS) is 11.5. The number of oxazole rings is 1. The molecule has 0 saturated carbocycles. The van der Waals surface area contributed by atoms with E-state index in [0.29, 0.717) is 18.2 Å². The zero-order valence-corrected chi connectivity index (χ0v) is 14.0. The molecule has 22 heavy (non-hydrogen) atoms. The smallest absolute Gasteiger partial charge is 0.227 e. The molecule has 1 aromatic heterocycles. The van der Waals surface area contributed by atoms with Crippen LogP contribution in [-0.4, -0.2) is 10.9 Å². The quantitative estimate of drug-likeness (QED) is 0.941. The molecule has 0 bridgehead atoms. The molecule has 0 aliphatic rings. The van der Waals surface area contributed by atoms with Crippen LogP contribution >= 0.6 is 0 Å². The van der Waals surface area contributed by atoms with Crippen molar-refractivity contribution in [1.82, 2.24) is 10.3 Å². The standard InChI is InChI=1S/C18H24N2O2/c1-12-6-8-14(9-7-12)11-19-16(21)10-15-13(2)20-17(22-15)18(3,4)5/h6-9H,10-11H2,1-5H3,(H,19,21). The van der Waals surface area contributed by atoms with E-state index in [4.69, 9.17) is 4.42 Å². The van der Waals surface area contributed by atoms with Crippen LogP contribution in [0.15, 0.2) is 28.7 Å². The zero-order valence-electron chi connectivity index (χ0n) is 14.0. The van der Waals surface area contributed by atoms with Gasteiger partial charge in [-0.25, -0.2) is 4.98 Å². The minimum absolute atomic E-state index is 0.0553. The number of nitrogens with zero attached hydrogens (tertiary/aromatic N) is 1. The number of carbonyl (C=O) groups is 1. The first-order valence-electron chi connectivity index (χ1n) is 7.55. The van der Waals surface area contributed by atoms with Crippen LogP contribution in [0.3, 0.4) is 0 Å². The first-order valence-corrected chi connectivity index (χ1v) is 7.55. The fourth-order valence-corrected chi connectivity index (χ4v) is 2.03. The van der Waals surface area contributed by atoms with Gasteiger partial charge < -0.3 is 9.73 Å². The number of nitrogens with one attached hydrogen (secondary N) is 1. The van der Waals surface area contributed by atoms with Crippen LogP contribution in [0.25, 0.3) is 0 Å². The van der Waals surface area contributed by atoms with Gasteiger partial charge in [0, 0.05) is 12.0 Å². The Kier molecular flexibility index (Phi) is 4.69. The Morgan fingerprint density at radius 3 is 2.36 bits per heavy atom. The zero-order chi connectivity index (χ0) is 16.3. The van der Waals surface area contributed by atoms with Gasteiger partial charge in [-0.1, -0.05) is 50.6 Å². The second-order valence-electron chi connectivity index (χ2n) is 6.72. The fourth-order valence-electron chi connectivity index (χ4n) is 2.03. The van der Waals surface area contributed by atoms with Gasteiger partial charge in [-0.2, -0.15) is 0 Å². The van der Waals surface area contributed by atoms with Crippen LogP contribution < -0.4 is 5.32 Å². The van der Waals surface area contributed by atoms with Gasteiger partial charge in [0.2, 0.25) is 5.91 Å². The van der Waals surface area contributed by atoms with E-state index in [-0.39, 0.29) is 17.7 Å². The molecule has 0 fully saturated rings. The van der Waals surface area contributed by atoms with Gasteiger partial charge in [0.25, 0.3) is 0 Å². The van der Waals surface area contributed by atoms with Crippen molar-refractivity contribution in [2.75, 3.05) is 0 Å². The average Bonchev–Trinajstić information content (AvgIpc) is 2.80. The van der Waals surface area contributed by atoms with E-state index in [2.05, 4.69) is 10.3 Å². The van der Waals surface area contributed by atoms with Gasteiger partial charge in [-0.3, -0.25) is 4.79 Å². The first kappa shape index (κ1) is 16.3. The third-order valence-electron chi connectivity index (χ3n) is 3.47. The molecule has 0 unspecified atom stereocenters. The molecular weight excluding hydrogens is 276 g/mol. The summed E-state index contributed by atoms with van der Waals surface area (Å²) < 4.78 is 5.75. The highest BCUT2D eigenvalue weighted by molar-refractivity contribution is 5.78. The molecule has 4 nitrogen and oxygen atoms in total. The molecule has 2 aromatic rings. The van der Waals surface area contributed by atoms with E-state index in [1.807, 2.05) is 58.9 Å². The minimum atomic E-state index is -0.151. The Labute approximate surface area is 131 Å². The van der Waals surface area contributed by atoms with Crippen LogP contribution in [0.1, 0.15) is 49.2 Å². The molecule has 118 valence electrons. The van der Waals surface area contributed by atoms with E-state index < -0.39 is 0 Å². The van der Waals surface area contributed by atoms with Crippen molar-refractivity contribution in [3.05, 3.63) is 52.7 Å². The number of hydrogen-bond donors (Lipinski definition) is 1. The highest BCUT2D eigenvalue weighted by Crippen LogP contribution is 2.24. The molecule has 0 radical (unpaired) electrons. The van der Waals surface area contributed by atoms with Gasteiger partial charge in [-0.15, -0.1) is 0 Å². The van der Waals surface area contributed by atoms with Crippen LogP contribution in [-0.2, 0) is 23.2 Å². The number of carbonyl (C=O) groups excluding carboxylic acids is 1. The monoisotopic (exact) mass is 300 g/mol. The molecule has 0 atom stereocenters. The van der Waals surface area contributed by atoms with Gasteiger partial charge in [-0.05, 0) is 19.4 Å². The van der Waals surface area contributed by atoms with E-state index >= 15 is 0 Å². The van der Waals surface area contributed by atoms with E-state index in [1.54, 1.807) is 0 Å². The maximum Gasteiger partial charge on any atom is 0.227 e. The largest absolute Gasteiger partial charge is 0.444 e. The molecular formula is C18H24N2O2. The number of aromatic nitrogens is 1. The molecule has 0 saturated heterocycles. The van der Waals surface area contributed by atoms with Crippen LogP contribution in [0, 0.1) is 13.8 Å². The average molecular weight is 300 g/mol. The van der Waals surface area contributed by atoms with Gasteiger partial charge in [0.15, 0.2) is 5.89 Å². The highest BCUT2D eigenvalue weighted by Gasteiger charge is 2.23. The third kappa shape index (κ3) is 4.20. The Bertz CT molecular complexity index is 649. The lowest BCUT2D eigenvalue weighted by Crippen LogP contribution is -2.24. The fraction of sp³-hybridized carbons (Fsp3) is 0.444. The summed E-state index contributed by atoms with van der Waals surface area (Å²) in [6.45, 7) is 10.6. The summed E-state index contributed by atoms with van der Waals surface area (Å²) >= 11 is 0. The number of amides is 1. The van der Waals surface area contributed by atoms with Gasteiger partial charge in [0.1, 0.15) is 5.76 Å². The molecule has 0 spiro atoms. The van der Waals surface area contributed by atoms with Crippen LogP contribution in [0.4, 0.5) is 0 Å². The molecule has 1 amide bonds. The lowest BCUT2D eigenvalue weighted by molar-refractivity contribution is -0.120. The molecule has 1 N–H and O–H groups in total. The van der Waals surface area contributed by atoms with Crippen LogP contribution in [0.5, 0.6) is 0 Å². The first-order chi connectivity index (χ1) is 10.3. The summed E-state index contributed by atoms with van der Waals surface area (Å²) in [7, 11) is 0. The molecule has 0 aliphatic carbocycles. The number of rotatable bonds is 4. The van der Waals surface area contributed by atoms with Crippen molar-refractivity contribution in [3.8, 4) is 0 Å². The third-order valence-corrected chi connectivity index (χ3v) is 3.47. The summed E-state index contributed by atoms with van der Waals surface area (Å²) in [6, 6.07) is 8.12. The maximum atomic E-state index is 12.1. The van der Waals surface area contributed by atoms with E-state index in [1.165, 1.54) is 5.56 Å². The molecule has 0 aliphatic heterocycles. The Hall–Kier alpha value is -2.10. The number of hydrogen-bond acceptors (Lipinski definition) is 3. The topological polar surface area (TPSA) is 55.1 Å². The van der Waals surface area contributed by atoms with Crippen molar-refractivity contribution in [2.45, 2.75) is 53.0 Å². The summed E-state index contributed by atoms with van der Waals surface area (Å²) in [4.78, 5) is 16.5. The van der Waals surface area contributed by atoms with Crippen molar-refractivity contribution in [3.63, 3.8) is 0 Å². The van der Waals surface area contributed by atoms with Crippen molar-refractivity contribution in [1.29, 1.82) is 0 Å². The minimum Gasteiger partial charge on any atom is -0.444 e. The predicted octanol–water partition coefficient (Wildman–Crippen LogP) is 3.45. The maximum absolute atomic E-state index is 12.1. The SMILES string of the molecule is Cc1ccc(CNC(=O)Cc2oc(C(C)(C)C)nc2C)cc1. The Morgan fingerprint density at radius 1 is 1.18 bits per heavy atom. The molecule has 1 aromatic carbocycles. The lowest BCUT2D eigenvalue weighted by Gasteiger charge is -2.12. The number of benzene rings is 1. The highest BCUT2D eigenvalue weighted by atomic mass is 16.4. The predicted molar refractivity (Wildman–Crippen MR) is 86.7 cm³/mol. The summed E-state index contributed by atoms with van der Waals surface area (Å²) in [6.07, 6.45) is 0.223. The lowest BCUT2D eigenvalue weighted by atomic mass is 9.97. The Morgan fingerprint density at radius 2 is 1.82 bits per heavy atom.